The molecule has 2 nitrogen and oxygen atoms in total. The van der Waals surface area contributed by atoms with Crippen molar-refractivity contribution in [2.75, 3.05) is 0 Å². The fourth-order valence-electron chi connectivity index (χ4n) is 1.62. The molecule has 0 aliphatic carbocycles. The smallest absolute Gasteiger partial charge is 0.145 e. The van der Waals surface area contributed by atoms with E-state index in [-0.39, 0.29) is 0 Å². The van der Waals surface area contributed by atoms with Gasteiger partial charge in [-0.2, -0.15) is 5.26 Å². The predicted molar refractivity (Wildman–Crippen MR) is 74.8 cm³/mol. The number of hydrogen-bond donors (Lipinski definition) is 0. The maximum absolute atomic E-state index is 9.11. The summed E-state index contributed by atoms with van der Waals surface area (Å²) in [5, 5.41) is 9.11. The van der Waals surface area contributed by atoms with E-state index in [0.29, 0.717) is 11.3 Å². The largest absolute Gasteiger partial charge is 0.456 e. The van der Waals surface area contributed by atoms with Gasteiger partial charge in [-0.3, -0.25) is 0 Å². The fourth-order valence-corrected chi connectivity index (χ4v) is 1.96. The van der Waals surface area contributed by atoms with E-state index in [1.807, 2.05) is 50.2 Å². The molecule has 90 valence electrons. The summed E-state index contributed by atoms with van der Waals surface area (Å²) in [5.74, 6) is 1.34. The first kappa shape index (κ1) is 12.7. The number of halogens is 1. The van der Waals surface area contributed by atoms with Crippen molar-refractivity contribution in [3.63, 3.8) is 0 Å². The van der Waals surface area contributed by atoms with Crippen LogP contribution in [-0.4, -0.2) is 0 Å². The summed E-state index contributed by atoms with van der Waals surface area (Å²) < 4.78 is 6.77. The molecule has 0 heterocycles. The quantitative estimate of drug-likeness (QED) is 0.803. The molecule has 0 spiro atoms. The fraction of sp³-hybridized carbons (Fsp3) is 0.133. The van der Waals surface area contributed by atoms with Crippen molar-refractivity contribution in [2.24, 2.45) is 0 Å². The Bertz CT molecular complexity index is 629. The normalized spacial score (nSPS) is 9.89. The number of hydrogen-bond acceptors (Lipinski definition) is 2. The lowest BCUT2D eigenvalue weighted by Gasteiger charge is -2.10. The van der Waals surface area contributed by atoms with E-state index >= 15 is 0 Å². The van der Waals surface area contributed by atoms with Crippen LogP contribution in [0.15, 0.2) is 40.9 Å². The van der Waals surface area contributed by atoms with Crippen LogP contribution in [0.1, 0.15) is 16.7 Å². The zero-order valence-corrected chi connectivity index (χ0v) is 11.8. The van der Waals surface area contributed by atoms with Gasteiger partial charge in [0.05, 0.1) is 5.56 Å². The number of nitriles is 1. The van der Waals surface area contributed by atoms with E-state index in [2.05, 4.69) is 22.0 Å². The third kappa shape index (κ3) is 2.72. The third-order valence-corrected chi connectivity index (χ3v) is 3.12. The summed E-state index contributed by atoms with van der Waals surface area (Å²) in [7, 11) is 0. The Morgan fingerprint density at radius 1 is 1.06 bits per heavy atom. The highest BCUT2D eigenvalue weighted by molar-refractivity contribution is 9.10. The van der Waals surface area contributed by atoms with Gasteiger partial charge in [-0.25, -0.2) is 0 Å². The maximum atomic E-state index is 9.11. The zero-order chi connectivity index (χ0) is 13.1. The first-order chi connectivity index (χ1) is 8.60. The van der Waals surface area contributed by atoms with Crippen molar-refractivity contribution in [2.45, 2.75) is 13.8 Å². The number of benzene rings is 2. The summed E-state index contributed by atoms with van der Waals surface area (Å²) in [4.78, 5) is 0. The van der Waals surface area contributed by atoms with E-state index in [4.69, 9.17) is 10.00 Å². The van der Waals surface area contributed by atoms with Gasteiger partial charge in [0, 0.05) is 4.47 Å². The van der Waals surface area contributed by atoms with Crippen molar-refractivity contribution < 1.29 is 4.74 Å². The molecule has 3 heteroatoms. The molecule has 0 unspecified atom stereocenters. The van der Waals surface area contributed by atoms with Crippen molar-refractivity contribution in [1.82, 2.24) is 0 Å². The minimum atomic E-state index is 0.550. The van der Waals surface area contributed by atoms with Crippen LogP contribution in [0.2, 0.25) is 0 Å². The summed E-state index contributed by atoms with van der Waals surface area (Å²) >= 11 is 3.41. The number of ether oxygens (including phenoxy) is 1. The summed E-state index contributed by atoms with van der Waals surface area (Å²) in [5.41, 5.74) is 2.63. The van der Waals surface area contributed by atoms with Gasteiger partial charge in [0.2, 0.25) is 0 Å². The molecular weight excluding hydrogens is 290 g/mol. The second-order valence-electron chi connectivity index (χ2n) is 4.12. The van der Waals surface area contributed by atoms with Gasteiger partial charge in [-0.05, 0) is 49.2 Å². The van der Waals surface area contributed by atoms with Gasteiger partial charge in [0.15, 0.2) is 0 Å². The molecule has 0 amide bonds. The minimum absolute atomic E-state index is 0.550. The molecular formula is C15H12BrNO. The van der Waals surface area contributed by atoms with Crippen LogP contribution >= 0.6 is 15.9 Å². The SMILES string of the molecule is Cc1ccc(Oc2cc(Br)ccc2C)c(C#N)c1. The van der Waals surface area contributed by atoms with Crippen molar-refractivity contribution in [3.8, 4) is 17.6 Å². The first-order valence-electron chi connectivity index (χ1n) is 5.55. The molecule has 18 heavy (non-hydrogen) atoms. The Morgan fingerprint density at radius 2 is 1.83 bits per heavy atom. The lowest BCUT2D eigenvalue weighted by Crippen LogP contribution is -1.91. The second-order valence-corrected chi connectivity index (χ2v) is 5.04. The average molecular weight is 302 g/mol. The monoisotopic (exact) mass is 301 g/mol. The van der Waals surface area contributed by atoms with Gasteiger partial charge in [0.1, 0.15) is 17.6 Å². The van der Waals surface area contributed by atoms with Crippen LogP contribution in [0.3, 0.4) is 0 Å². The minimum Gasteiger partial charge on any atom is -0.456 e. The van der Waals surface area contributed by atoms with Crippen molar-refractivity contribution in [3.05, 3.63) is 57.6 Å². The van der Waals surface area contributed by atoms with Crippen LogP contribution in [0.5, 0.6) is 11.5 Å². The Morgan fingerprint density at radius 3 is 2.56 bits per heavy atom. The van der Waals surface area contributed by atoms with E-state index in [9.17, 15) is 0 Å². The van der Waals surface area contributed by atoms with Crippen molar-refractivity contribution >= 4 is 15.9 Å². The summed E-state index contributed by atoms with van der Waals surface area (Å²) in [6.07, 6.45) is 0. The van der Waals surface area contributed by atoms with Crippen molar-refractivity contribution in [1.29, 1.82) is 5.26 Å². The second kappa shape index (κ2) is 5.24. The molecule has 0 radical (unpaired) electrons. The number of nitrogens with zero attached hydrogens (tertiary/aromatic N) is 1. The Labute approximate surface area is 115 Å². The molecule has 0 aromatic heterocycles. The molecule has 0 bridgehead atoms. The highest BCUT2D eigenvalue weighted by atomic mass is 79.9. The topological polar surface area (TPSA) is 33.0 Å². The molecule has 0 atom stereocenters. The van der Waals surface area contributed by atoms with E-state index in [1.165, 1.54) is 0 Å². The molecule has 0 aliphatic heterocycles. The molecule has 0 fully saturated rings. The molecule has 2 rings (SSSR count). The molecule has 0 aliphatic rings. The lowest BCUT2D eigenvalue weighted by atomic mass is 10.1. The van der Waals surface area contributed by atoms with Gasteiger partial charge < -0.3 is 4.74 Å². The molecule has 2 aromatic carbocycles. The van der Waals surface area contributed by atoms with Gasteiger partial charge in [0.25, 0.3) is 0 Å². The zero-order valence-electron chi connectivity index (χ0n) is 10.2. The lowest BCUT2D eigenvalue weighted by molar-refractivity contribution is 0.477. The average Bonchev–Trinajstić information content (AvgIpc) is 2.36. The van der Waals surface area contributed by atoms with Gasteiger partial charge >= 0.3 is 0 Å². The standard InChI is InChI=1S/C15H12BrNO/c1-10-3-6-14(12(7-10)9-17)18-15-8-13(16)5-4-11(15)2/h3-8H,1-2H3. The third-order valence-electron chi connectivity index (χ3n) is 2.63. The van der Waals surface area contributed by atoms with Crippen LogP contribution in [-0.2, 0) is 0 Å². The van der Waals surface area contributed by atoms with E-state index in [1.54, 1.807) is 0 Å². The van der Waals surface area contributed by atoms with E-state index in [0.717, 1.165) is 21.3 Å². The highest BCUT2D eigenvalue weighted by Gasteiger charge is 2.07. The molecule has 0 N–H and O–H groups in total. The summed E-state index contributed by atoms with van der Waals surface area (Å²) in [6.45, 7) is 3.93. The number of rotatable bonds is 2. The molecule has 2 aromatic rings. The predicted octanol–water partition coefficient (Wildman–Crippen LogP) is 4.73. The van der Waals surface area contributed by atoms with Crippen LogP contribution < -0.4 is 4.74 Å². The number of aryl methyl sites for hydroxylation is 2. The van der Waals surface area contributed by atoms with Crippen LogP contribution in [0.4, 0.5) is 0 Å². The Kier molecular flexibility index (Phi) is 3.69. The first-order valence-corrected chi connectivity index (χ1v) is 6.34. The van der Waals surface area contributed by atoms with Gasteiger partial charge in [-0.15, -0.1) is 0 Å². The van der Waals surface area contributed by atoms with Crippen LogP contribution in [0.25, 0.3) is 0 Å². The summed E-state index contributed by atoms with van der Waals surface area (Å²) in [6, 6.07) is 13.6. The highest BCUT2D eigenvalue weighted by Crippen LogP contribution is 2.30. The van der Waals surface area contributed by atoms with E-state index < -0.39 is 0 Å². The molecule has 0 saturated heterocycles. The Balaban J connectivity index is 2.40. The Hall–Kier alpha value is -1.79. The van der Waals surface area contributed by atoms with Crippen LogP contribution in [0, 0.1) is 25.2 Å². The maximum Gasteiger partial charge on any atom is 0.145 e. The van der Waals surface area contributed by atoms with Gasteiger partial charge in [-0.1, -0.05) is 28.1 Å². The molecule has 0 saturated carbocycles.